The number of hydrogen-bond acceptors (Lipinski definition) is 3. The van der Waals surface area contributed by atoms with Gasteiger partial charge in [0.2, 0.25) is 0 Å². The summed E-state index contributed by atoms with van der Waals surface area (Å²) in [5, 5.41) is 4.06. The minimum absolute atomic E-state index is 0.569. The molecule has 0 bridgehead atoms. The van der Waals surface area contributed by atoms with Crippen molar-refractivity contribution in [2.75, 3.05) is 0 Å². The highest BCUT2D eigenvalue weighted by Crippen LogP contribution is 2.45. The molecule has 0 atom stereocenters. The summed E-state index contributed by atoms with van der Waals surface area (Å²) in [4.78, 5) is 4.45. The molecule has 0 unspecified atom stereocenters. The molecule has 0 aromatic carbocycles. The van der Waals surface area contributed by atoms with Gasteiger partial charge in [-0.05, 0) is 38.3 Å². The van der Waals surface area contributed by atoms with Crippen LogP contribution in [-0.4, -0.2) is 10.1 Å². The molecule has 3 nitrogen and oxygen atoms in total. The fourth-order valence-electron chi connectivity index (χ4n) is 1.94. The number of aromatic nitrogens is 2. The minimum Gasteiger partial charge on any atom is -0.360 e. The monoisotopic (exact) mass is 244 g/mol. The highest BCUT2D eigenvalue weighted by Gasteiger charge is 2.32. The van der Waals surface area contributed by atoms with Crippen molar-refractivity contribution >= 4 is 0 Å². The van der Waals surface area contributed by atoms with E-state index in [0.29, 0.717) is 5.92 Å². The molecule has 0 radical (unpaired) electrons. The van der Waals surface area contributed by atoms with E-state index in [-0.39, 0.29) is 0 Å². The highest BCUT2D eigenvalue weighted by atomic mass is 16.5. The zero-order valence-corrected chi connectivity index (χ0v) is 11.5. The van der Waals surface area contributed by atoms with Gasteiger partial charge in [-0.25, -0.2) is 0 Å². The second-order valence-corrected chi connectivity index (χ2v) is 4.50. The number of aryl methyl sites for hydroxylation is 2. The van der Waals surface area contributed by atoms with Crippen LogP contribution < -0.4 is 0 Å². The third-order valence-electron chi connectivity index (χ3n) is 3.00. The summed E-state index contributed by atoms with van der Waals surface area (Å²) in [6, 6.07) is 4.12. The van der Waals surface area contributed by atoms with E-state index >= 15 is 0 Å². The molecule has 2 heterocycles. The third kappa shape index (κ3) is 2.45. The first kappa shape index (κ1) is 12.8. The lowest BCUT2D eigenvalue weighted by Crippen LogP contribution is -1.88. The van der Waals surface area contributed by atoms with Crippen LogP contribution in [0, 0.1) is 13.8 Å². The fourth-order valence-corrected chi connectivity index (χ4v) is 1.94. The van der Waals surface area contributed by atoms with Gasteiger partial charge in [-0.2, -0.15) is 0 Å². The Morgan fingerprint density at radius 1 is 1.17 bits per heavy atom. The van der Waals surface area contributed by atoms with Crippen LogP contribution in [0.3, 0.4) is 0 Å². The minimum atomic E-state index is 0.569. The Kier molecular flexibility index (Phi) is 3.80. The molecule has 0 amide bonds. The number of rotatable bonds is 2. The predicted molar refractivity (Wildman–Crippen MR) is 72.5 cm³/mol. The van der Waals surface area contributed by atoms with E-state index in [1.165, 1.54) is 18.4 Å². The molecule has 0 spiro atoms. The molecule has 0 saturated heterocycles. The Morgan fingerprint density at radius 2 is 1.89 bits per heavy atom. The molecular weight excluding hydrogens is 224 g/mol. The average molecular weight is 244 g/mol. The van der Waals surface area contributed by atoms with Gasteiger partial charge in [0, 0.05) is 12.1 Å². The van der Waals surface area contributed by atoms with Gasteiger partial charge in [-0.3, -0.25) is 4.98 Å². The molecule has 2 aromatic rings. The average Bonchev–Trinajstić information content (AvgIpc) is 3.17. The second-order valence-electron chi connectivity index (χ2n) is 4.50. The maximum Gasteiger partial charge on any atom is 0.149 e. The summed E-state index contributed by atoms with van der Waals surface area (Å²) < 4.78 is 5.41. The fraction of sp³-hybridized carbons (Fsp3) is 0.467. The highest BCUT2D eigenvalue weighted by molar-refractivity contribution is 5.65. The van der Waals surface area contributed by atoms with Crippen LogP contribution in [0.2, 0.25) is 0 Å². The molecule has 96 valence electrons. The first-order valence-corrected chi connectivity index (χ1v) is 6.65. The van der Waals surface area contributed by atoms with Crippen molar-refractivity contribution in [2.45, 2.75) is 46.5 Å². The lowest BCUT2D eigenvalue weighted by Gasteiger charge is -2.01. The van der Waals surface area contributed by atoms with Crippen LogP contribution in [0.5, 0.6) is 0 Å². The lowest BCUT2D eigenvalue weighted by molar-refractivity contribution is 0.381. The first-order chi connectivity index (χ1) is 8.75. The molecule has 0 aliphatic heterocycles. The van der Waals surface area contributed by atoms with E-state index in [1.807, 2.05) is 40.0 Å². The maximum atomic E-state index is 5.41. The Hall–Kier alpha value is -1.64. The summed E-state index contributed by atoms with van der Waals surface area (Å²) in [7, 11) is 0. The normalized spacial score (nSPS) is 14.0. The van der Waals surface area contributed by atoms with Crippen LogP contribution in [0.25, 0.3) is 11.3 Å². The number of hydrogen-bond donors (Lipinski definition) is 0. The van der Waals surface area contributed by atoms with Gasteiger partial charge in [0.25, 0.3) is 0 Å². The Labute approximate surface area is 108 Å². The topological polar surface area (TPSA) is 38.9 Å². The summed E-state index contributed by atoms with van der Waals surface area (Å²) in [5.74, 6) is 1.59. The third-order valence-corrected chi connectivity index (χ3v) is 3.00. The van der Waals surface area contributed by atoms with Gasteiger partial charge in [0.05, 0.1) is 17.0 Å². The van der Waals surface area contributed by atoms with E-state index in [9.17, 15) is 0 Å². The SMILES string of the molecule is CC.Cc1ccc(-c2c(C)noc2C2CC2)nc1. The van der Waals surface area contributed by atoms with E-state index in [1.54, 1.807) is 0 Å². The van der Waals surface area contributed by atoms with Crippen molar-refractivity contribution in [3.8, 4) is 11.3 Å². The van der Waals surface area contributed by atoms with Crippen LogP contribution >= 0.6 is 0 Å². The quantitative estimate of drug-likeness (QED) is 0.792. The Bertz CT molecular complexity index is 510. The molecule has 1 aliphatic rings. The number of nitrogens with zero attached hydrogens (tertiary/aromatic N) is 2. The van der Waals surface area contributed by atoms with Gasteiger partial charge in [0.1, 0.15) is 5.76 Å². The van der Waals surface area contributed by atoms with Crippen molar-refractivity contribution in [3.05, 3.63) is 35.3 Å². The maximum absolute atomic E-state index is 5.41. The van der Waals surface area contributed by atoms with E-state index in [4.69, 9.17) is 4.52 Å². The molecule has 2 aromatic heterocycles. The van der Waals surface area contributed by atoms with E-state index in [2.05, 4.69) is 16.2 Å². The summed E-state index contributed by atoms with van der Waals surface area (Å²) in [6.07, 6.45) is 4.32. The van der Waals surface area contributed by atoms with Gasteiger partial charge in [0.15, 0.2) is 0 Å². The Balaban J connectivity index is 0.000000574. The van der Waals surface area contributed by atoms with E-state index in [0.717, 1.165) is 22.7 Å². The van der Waals surface area contributed by atoms with Gasteiger partial charge in [-0.15, -0.1) is 0 Å². The summed E-state index contributed by atoms with van der Waals surface area (Å²) in [6.45, 7) is 8.02. The molecule has 3 rings (SSSR count). The summed E-state index contributed by atoms with van der Waals surface area (Å²) in [5.41, 5.74) is 4.19. The first-order valence-electron chi connectivity index (χ1n) is 6.65. The lowest BCUT2D eigenvalue weighted by atomic mass is 10.1. The van der Waals surface area contributed by atoms with E-state index < -0.39 is 0 Å². The molecule has 3 heteroatoms. The van der Waals surface area contributed by atoms with Crippen molar-refractivity contribution in [2.24, 2.45) is 0 Å². The predicted octanol–water partition coefficient (Wildman–Crippen LogP) is 4.26. The van der Waals surface area contributed by atoms with Crippen LogP contribution in [-0.2, 0) is 0 Å². The zero-order valence-electron chi connectivity index (χ0n) is 11.5. The van der Waals surface area contributed by atoms with Crippen LogP contribution in [0.15, 0.2) is 22.9 Å². The summed E-state index contributed by atoms with van der Waals surface area (Å²) >= 11 is 0. The zero-order chi connectivity index (χ0) is 13.1. The second kappa shape index (κ2) is 5.34. The van der Waals surface area contributed by atoms with Crippen LogP contribution in [0.1, 0.15) is 49.6 Å². The van der Waals surface area contributed by atoms with Gasteiger partial charge in [-0.1, -0.05) is 25.1 Å². The van der Waals surface area contributed by atoms with Crippen molar-refractivity contribution in [3.63, 3.8) is 0 Å². The van der Waals surface area contributed by atoms with Gasteiger partial charge >= 0.3 is 0 Å². The smallest absolute Gasteiger partial charge is 0.149 e. The van der Waals surface area contributed by atoms with Crippen molar-refractivity contribution < 1.29 is 4.52 Å². The van der Waals surface area contributed by atoms with Gasteiger partial charge < -0.3 is 4.52 Å². The standard InChI is InChI=1S/C13H14N2O.C2H6/c1-8-3-6-11(14-7-8)12-9(2)15-16-13(12)10-4-5-10;1-2/h3,6-7,10H,4-5H2,1-2H3;1-2H3. The molecule has 18 heavy (non-hydrogen) atoms. The number of pyridine rings is 1. The molecular formula is C15H20N2O. The molecule has 1 aliphatic carbocycles. The van der Waals surface area contributed by atoms with Crippen molar-refractivity contribution in [1.29, 1.82) is 0 Å². The molecule has 1 fully saturated rings. The molecule has 1 saturated carbocycles. The Morgan fingerprint density at radius 3 is 2.44 bits per heavy atom. The molecule has 0 N–H and O–H groups in total. The van der Waals surface area contributed by atoms with Crippen LogP contribution in [0.4, 0.5) is 0 Å². The largest absolute Gasteiger partial charge is 0.360 e. The van der Waals surface area contributed by atoms with Crippen molar-refractivity contribution in [1.82, 2.24) is 10.1 Å².